The van der Waals surface area contributed by atoms with Gasteiger partial charge in [-0.25, -0.2) is 4.79 Å². The van der Waals surface area contributed by atoms with E-state index in [1.807, 2.05) is 18.7 Å². The number of hydrogen-bond donors (Lipinski definition) is 1. The third-order valence-electron chi connectivity index (χ3n) is 2.33. The number of thioether (sulfide) groups is 1. The van der Waals surface area contributed by atoms with Gasteiger partial charge in [0.05, 0.1) is 0 Å². The third-order valence-corrected chi connectivity index (χ3v) is 4.79. The molecule has 0 aromatic carbocycles. The van der Waals surface area contributed by atoms with Crippen LogP contribution >= 0.6 is 23.1 Å². The predicted octanol–water partition coefficient (Wildman–Crippen LogP) is 3.79. The van der Waals surface area contributed by atoms with E-state index in [4.69, 9.17) is 5.11 Å². The van der Waals surface area contributed by atoms with Crippen LogP contribution in [0.4, 0.5) is 0 Å². The molecule has 1 aromatic heterocycles. The third kappa shape index (κ3) is 3.54. The van der Waals surface area contributed by atoms with Crippen molar-refractivity contribution in [1.82, 2.24) is 0 Å². The molecule has 0 radical (unpaired) electrons. The quantitative estimate of drug-likeness (QED) is 0.856. The maximum Gasteiger partial charge on any atom is 0.345 e. The number of carboxylic acids is 1. The Kier molecular flexibility index (Phi) is 4.67. The fourth-order valence-corrected chi connectivity index (χ4v) is 3.09. The molecular formula is C11H16O2S2. The van der Waals surface area contributed by atoms with Crippen LogP contribution in [0.3, 0.4) is 0 Å². The van der Waals surface area contributed by atoms with Crippen molar-refractivity contribution in [2.24, 2.45) is 0 Å². The van der Waals surface area contributed by atoms with E-state index in [-0.39, 0.29) is 0 Å². The van der Waals surface area contributed by atoms with E-state index in [1.54, 1.807) is 6.07 Å². The minimum atomic E-state index is -0.817. The van der Waals surface area contributed by atoms with Crippen molar-refractivity contribution >= 4 is 29.1 Å². The Balaban J connectivity index is 2.65. The first-order valence-electron chi connectivity index (χ1n) is 4.98. The number of thiophene rings is 1. The van der Waals surface area contributed by atoms with Crippen LogP contribution in [0.1, 0.15) is 40.4 Å². The summed E-state index contributed by atoms with van der Waals surface area (Å²) in [4.78, 5) is 12.3. The second-order valence-electron chi connectivity index (χ2n) is 3.53. The topological polar surface area (TPSA) is 37.3 Å². The minimum Gasteiger partial charge on any atom is -0.477 e. The van der Waals surface area contributed by atoms with E-state index in [2.05, 4.69) is 13.8 Å². The van der Waals surface area contributed by atoms with Gasteiger partial charge >= 0.3 is 5.97 Å². The SMILES string of the molecule is CCC(C)SCc1cc(C(=O)O)sc1C. The van der Waals surface area contributed by atoms with Crippen LogP contribution in [-0.4, -0.2) is 16.3 Å². The maximum absolute atomic E-state index is 10.8. The molecule has 0 spiro atoms. The Morgan fingerprint density at radius 1 is 1.67 bits per heavy atom. The number of carbonyl (C=O) groups is 1. The Morgan fingerprint density at radius 3 is 2.80 bits per heavy atom. The fraction of sp³-hybridized carbons (Fsp3) is 0.545. The number of aryl methyl sites for hydroxylation is 1. The summed E-state index contributed by atoms with van der Waals surface area (Å²) in [5.41, 5.74) is 1.17. The summed E-state index contributed by atoms with van der Waals surface area (Å²) in [6, 6.07) is 1.80. The molecule has 0 saturated heterocycles. The van der Waals surface area contributed by atoms with Gasteiger partial charge in [0, 0.05) is 15.9 Å². The molecule has 4 heteroatoms. The molecule has 2 nitrogen and oxygen atoms in total. The maximum atomic E-state index is 10.8. The first-order chi connectivity index (χ1) is 7.04. The largest absolute Gasteiger partial charge is 0.477 e. The average Bonchev–Trinajstić information content (AvgIpc) is 2.56. The summed E-state index contributed by atoms with van der Waals surface area (Å²) < 4.78 is 0. The van der Waals surface area contributed by atoms with Crippen LogP contribution in [0.25, 0.3) is 0 Å². The number of rotatable bonds is 5. The molecule has 1 rings (SSSR count). The van der Waals surface area contributed by atoms with Crippen molar-refractivity contribution < 1.29 is 9.90 Å². The average molecular weight is 244 g/mol. The van der Waals surface area contributed by atoms with E-state index in [9.17, 15) is 4.79 Å². The first-order valence-corrected chi connectivity index (χ1v) is 6.85. The Labute approximate surface area is 98.7 Å². The van der Waals surface area contributed by atoms with E-state index in [0.29, 0.717) is 10.1 Å². The molecule has 0 aliphatic carbocycles. The lowest BCUT2D eigenvalue weighted by molar-refractivity contribution is 0.0702. The summed E-state index contributed by atoms with van der Waals surface area (Å²) in [7, 11) is 0. The second kappa shape index (κ2) is 5.56. The van der Waals surface area contributed by atoms with Gasteiger partial charge in [-0.05, 0) is 25.0 Å². The van der Waals surface area contributed by atoms with Crippen LogP contribution in [0.5, 0.6) is 0 Å². The van der Waals surface area contributed by atoms with Crippen LogP contribution in [-0.2, 0) is 5.75 Å². The van der Waals surface area contributed by atoms with Crippen LogP contribution < -0.4 is 0 Å². The lowest BCUT2D eigenvalue weighted by atomic mass is 10.3. The summed E-state index contributed by atoms with van der Waals surface area (Å²) in [5, 5.41) is 9.49. The summed E-state index contributed by atoms with van der Waals surface area (Å²) >= 11 is 3.25. The molecule has 0 fully saturated rings. The van der Waals surface area contributed by atoms with Crippen LogP contribution in [0, 0.1) is 6.92 Å². The van der Waals surface area contributed by atoms with Gasteiger partial charge in [0.25, 0.3) is 0 Å². The van der Waals surface area contributed by atoms with Gasteiger partial charge in [-0.3, -0.25) is 0 Å². The van der Waals surface area contributed by atoms with Crippen molar-refractivity contribution in [2.75, 3.05) is 0 Å². The minimum absolute atomic E-state index is 0.451. The molecule has 15 heavy (non-hydrogen) atoms. The molecule has 0 amide bonds. The molecule has 1 unspecified atom stereocenters. The molecule has 0 bridgehead atoms. The molecule has 84 valence electrons. The molecule has 1 atom stereocenters. The van der Waals surface area contributed by atoms with Gasteiger partial charge in [-0.1, -0.05) is 13.8 Å². The van der Waals surface area contributed by atoms with Gasteiger partial charge < -0.3 is 5.11 Å². The van der Waals surface area contributed by atoms with E-state index in [0.717, 1.165) is 17.1 Å². The highest BCUT2D eigenvalue weighted by Crippen LogP contribution is 2.27. The van der Waals surface area contributed by atoms with Crippen LogP contribution in [0.15, 0.2) is 6.07 Å². The van der Waals surface area contributed by atoms with Gasteiger partial charge in [-0.2, -0.15) is 11.8 Å². The predicted molar refractivity (Wildman–Crippen MR) is 67.1 cm³/mol. The van der Waals surface area contributed by atoms with Crippen molar-refractivity contribution in [2.45, 2.75) is 38.2 Å². The van der Waals surface area contributed by atoms with E-state index >= 15 is 0 Å². The van der Waals surface area contributed by atoms with Crippen molar-refractivity contribution in [3.8, 4) is 0 Å². The fourth-order valence-electron chi connectivity index (χ4n) is 1.12. The highest BCUT2D eigenvalue weighted by molar-refractivity contribution is 7.99. The molecule has 0 aliphatic heterocycles. The number of hydrogen-bond acceptors (Lipinski definition) is 3. The van der Waals surface area contributed by atoms with E-state index < -0.39 is 5.97 Å². The molecule has 0 saturated carbocycles. The van der Waals surface area contributed by atoms with Gasteiger partial charge in [0.15, 0.2) is 0 Å². The van der Waals surface area contributed by atoms with Crippen molar-refractivity contribution in [3.63, 3.8) is 0 Å². The Hall–Kier alpha value is -0.480. The lowest BCUT2D eigenvalue weighted by Gasteiger charge is -2.06. The molecule has 1 heterocycles. The highest BCUT2D eigenvalue weighted by Gasteiger charge is 2.11. The standard InChI is InChI=1S/C11H16O2S2/c1-4-7(2)14-6-9-5-10(11(12)13)15-8(9)3/h5,7H,4,6H2,1-3H3,(H,12,13). The molecule has 1 N–H and O–H groups in total. The molecular weight excluding hydrogens is 228 g/mol. The van der Waals surface area contributed by atoms with Crippen molar-refractivity contribution in [1.29, 1.82) is 0 Å². The molecule has 0 aliphatic rings. The van der Waals surface area contributed by atoms with Gasteiger partial charge in [0.1, 0.15) is 4.88 Å². The zero-order valence-electron chi connectivity index (χ0n) is 9.24. The Bertz CT molecular complexity index is 344. The zero-order valence-corrected chi connectivity index (χ0v) is 10.9. The highest BCUT2D eigenvalue weighted by atomic mass is 32.2. The molecule has 1 aromatic rings. The van der Waals surface area contributed by atoms with Gasteiger partial charge in [0.2, 0.25) is 0 Å². The van der Waals surface area contributed by atoms with Gasteiger partial charge in [-0.15, -0.1) is 11.3 Å². The van der Waals surface area contributed by atoms with Crippen molar-refractivity contribution in [3.05, 3.63) is 21.4 Å². The lowest BCUT2D eigenvalue weighted by Crippen LogP contribution is -1.94. The normalized spacial score (nSPS) is 12.7. The summed E-state index contributed by atoms with van der Waals surface area (Å²) in [6.07, 6.45) is 1.15. The number of carboxylic acid groups (broad SMARTS) is 1. The second-order valence-corrected chi connectivity index (χ2v) is 6.21. The zero-order chi connectivity index (χ0) is 11.4. The number of aromatic carboxylic acids is 1. The monoisotopic (exact) mass is 244 g/mol. The van der Waals surface area contributed by atoms with Crippen LogP contribution in [0.2, 0.25) is 0 Å². The Morgan fingerprint density at radius 2 is 2.33 bits per heavy atom. The smallest absolute Gasteiger partial charge is 0.345 e. The van der Waals surface area contributed by atoms with E-state index in [1.165, 1.54) is 16.9 Å². The summed E-state index contributed by atoms with van der Waals surface area (Å²) in [5.74, 6) is 0.104. The first kappa shape index (κ1) is 12.6. The summed E-state index contributed by atoms with van der Waals surface area (Å²) in [6.45, 7) is 6.36.